The Labute approximate surface area is 134 Å². The van der Waals surface area contributed by atoms with Crippen molar-refractivity contribution in [2.24, 2.45) is 0 Å². The molecular weight excluding hydrogens is 293 g/mol. The summed E-state index contributed by atoms with van der Waals surface area (Å²) >= 11 is 0. The second-order valence-electron chi connectivity index (χ2n) is 5.83. The molecule has 0 fully saturated rings. The van der Waals surface area contributed by atoms with E-state index in [4.69, 9.17) is 0 Å². The molecule has 23 heavy (non-hydrogen) atoms. The first kappa shape index (κ1) is 15.2. The molecule has 0 aliphatic heterocycles. The molecule has 4 nitrogen and oxygen atoms in total. The molecule has 0 N–H and O–H groups in total. The average Bonchev–Trinajstić information content (AvgIpc) is 2.83. The lowest BCUT2D eigenvalue weighted by Gasteiger charge is -2.12. The normalized spacial score (nSPS) is 11.0. The summed E-state index contributed by atoms with van der Waals surface area (Å²) in [7, 11) is 3.48. The van der Waals surface area contributed by atoms with E-state index in [0.717, 1.165) is 27.7 Å². The standard InChI is InChI=1S/C18H18FN3O/c1-12-10-22(11-17(23)21(2)3)16-8-14(9-20-18(12)16)13-4-6-15(19)7-5-13/h4-10H,11H2,1-3H3. The first-order valence-electron chi connectivity index (χ1n) is 7.37. The quantitative estimate of drug-likeness (QED) is 0.745. The van der Waals surface area contributed by atoms with E-state index >= 15 is 0 Å². The smallest absolute Gasteiger partial charge is 0.241 e. The van der Waals surface area contributed by atoms with E-state index in [0.29, 0.717) is 0 Å². The number of aryl methyl sites for hydroxylation is 1. The van der Waals surface area contributed by atoms with Gasteiger partial charge in [-0.2, -0.15) is 0 Å². The molecule has 5 heteroatoms. The van der Waals surface area contributed by atoms with Gasteiger partial charge >= 0.3 is 0 Å². The summed E-state index contributed by atoms with van der Waals surface area (Å²) in [5.74, 6) is -0.243. The Balaban J connectivity index is 2.07. The maximum Gasteiger partial charge on any atom is 0.241 e. The Morgan fingerprint density at radius 2 is 1.91 bits per heavy atom. The van der Waals surface area contributed by atoms with Gasteiger partial charge in [0, 0.05) is 32.1 Å². The number of benzene rings is 1. The molecule has 118 valence electrons. The van der Waals surface area contributed by atoms with Crippen molar-refractivity contribution in [1.82, 2.24) is 14.5 Å². The molecule has 0 bridgehead atoms. The van der Waals surface area contributed by atoms with Crippen LogP contribution < -0.4 is 0 Å². The summed E-state index contributed by atoms with van der Waals surface area (Å²) in [6.07, 6.45) is 3.72. The largest absolute Gasteiger partial charge is 0.347 e. The first-order valence-corrected chi connectivity index (χ1v) is 7.37. The number of fused-ring (bicyclic) bond motifs is 1. The molecule has 2 heterocycles. The maximum atomic E-state index is 13.1. The lowest BCUT2D eigenvalue weighted by molar-refractivity contribution is -0.129. The van der Waals surface area contributed by atoms with Gasteiger partial charge in [-0.3, -0.25) is 9.78 Å². The molecule has 0 aliphatic carbocycles. The minimum atomic E-state index is -0.265. The molecule has 2 aromatic heterocycles. The van der Waals surface area contributed by atoms with Crippen molar-refractivity contribution >= 4 is 16.9 Å². The number of likely N-dealkylation sites (N-methyl/N-ethyl adjacent to an activating group) is 1. The van der Waals surface area contributed by atoms with Gasteiger partial charge in [0.1, 0.15) is 12.4 Å². The second kappa shape index (κ2) is 5.83. The number of carbonyl (C=O) groups is 1. The van der Waals surface area contributed by atoms with Crippen LogP contribution in [0.15, 0.2) is 42.7 Å². The van der Waals surface area contributed by atoms with E-state index in [1.54, 1.807) is 37.3 Å². The summed E-state index contributed by atoms with van der Waals surface area (Å²) in [6.45, 7) is 2.25. The number of rotatable bonds is 3. The Hall–Kier alpha value is -2.69. The third kappa shape index (κ3) is 2.95. The highest BCUT2D eigenvalue weighted by Crippen LogP contribution is 2.25. The SMILES string of the molecule is Cc1cn(CC(=O)N(C)C)c2cc(-c3ccc(F)cc3)cnc12. The Bertz CT molecular complexity index is 866. The molecule has 0 spiro atoms. The number of aromatic nitrogens is 2. The molecule has 1 amide bonds. The van der Waals surface area contributed by atoms with Gasteiger partial charge in [-0.1, -0.05) is 12.1 Å². The van der Waals surface area contributed by atoms with Crippen molar-refractivity contribution in [3.63, 3.8) is 0 Å². The van der Waals surface area contributed by atoms with Crippen molar-refractivity contribution in [3.8, 4) is 11.1 Å². The Morgan fingerprint density at radius 1 is 1.22 bits per heavy atom. The zero-order valence-electron chi connectivity index (χ0n) is 13.4. The van der Waals surface area contributed by atoms with Crippen LogP contribution in [0.5, 0.6) is 0 Å². The van der Waals surface area contributed by atoms with Gasteiger partial charge in [-0.25, -0.2) is 4.39 Å². The second-order valence-corrected chi connectivity index (χ2v) is 5.83. The van der Waals surface area contributed by atoms with Crippen LogP contribution in [-0.2, 0) is 11.3 Å². The van der Waals surface area contributed by atoms with E-state index in [1.807, 2.05) is 23.8 Å². The predicted molar refractivity (Wildman–Crippen MR) is 88.6 cm³/mol. The van der Waals surface area contributed by atoms with Crippen molar-refractivity contribution in [3.05, 3.63) is 54.1 Å². The molecule has 3 aromatic rings. The van der Waals surface area contributed by atoms with Crippen molar-refractivity contribution in [2.75, 3.05) is 14.1 Å². The van der Waals surface area contributed by atoms with Crippen LogP contribution in [0.25, 0.3) is 22.2 Å². The Kier molecular flexibility index (Phi) is 3.86. The molecular formula is C18H18FN3O. The lowest BCUT2D eigenvalue weighted by Crippen LogP contribution is -2.25. The van der Waals surface area contributed by atoms with E-state index in [9.17, 15) is 9.18 Å². The average molecular weight is 311 g/mol. The number of hydrogen-bond donors (Lipinski definition) is 0. The van der Waals surface area contributed by atoms with Gasteiger partial charge in [0.25, 0.3) is 0 Å². The van der Waals surface area contributed by atoms with Crippen LogP contribution in [0.2, 0.25) is 0 Å². The number of halogens is 1. The highest BCUT2D eigenvalue weighted by molar-refractivity contribution is 5.86. The molecule has 0 aliphatic rings. The van der Waals surface area contributed by atoms with E-state index < -0.39 is 0 Å². The third-order valence-corrected chi connectivity index (χ3v) is 3.88. The van der Waals surface area contributed by atoms with Crippen LogP contribution in [0.4, 0.5) is 4.39 Å². The molecule has 0 unspecified atom stereocenters. The van der Waals surface area contributed by atoms with E-state index in [1.165, 1.54) is 12.1 Å². The highest BCUT2D eigenvalue weighted by Gasteiger charge is 2.12. The molecule has 1 aromatic carbocycles. The van der Waals surface area contributed by atoms with Crippen molar-refractivity contribution in [1.29, 1.82) is 0 Å². The van der Waals surface area contributed by atoms with Gasteiger partial charge in [0.15, 0.2) is 0 Å². The van der Waals surface area contributed by atoms with Gasteiger partial charge in [-0.15, -0.1) is 0 Å². The zero-order chi connectivity index (χ0) is 16.6. The zero-order valence-corrected chi connectivity index (χ0v) is 13.4. The molecule has 0 saturated heterocycles. The molecule has 0 saturated carbocycles. The summed E-state index contributed by atoms with van der Waals surface area (Å²) < 4.78 is 15.0. The van der Waals surface area contributed by atoms with Crippen molar-refractivity contribution < 1.29 is 9.18 Å². The summed E-state index contributed by atoms with van der Waals surface area (Å²) in [5, 5.41) is 0. The summed E-state index contributed by atoms with van der Waals surface area (Å²) in [4.78, 5) is 18.1. The van der Waals surface area contributed by atoms with Gasteiger partial charge in [0.2, 0.25) is 5.91 Å². The number of pyridine rings is 1. The number of nitrogens with zero attached hydrogens (tertiary/aromatic N) is 3. The van der Waals surface area contributed by atoms with Gasteiger partial charge in [0.05, 0.1) is 11.0 Å². The topological polar surface area (TPSA) is 38.1 Å². The van der Waals surface area contributed by atoms with Gasteiger partial charge in [-0.05, 0) is 36.2 Å². The van der Waals surface area contributed by atoms with Crippen molar-refractivity contribution in [2.45, 2.75) is 13.5 Å². The molecule has 3 rings (SSSR count). The van der Waals surface area contributed by atoms with Crippen LogP contribution in [0.3, 0.4) is 0 Å². The monoisotopic (exact) mass is 311 g/mol. The lowest BCUT2D eigenvalue weighted by atomic mass is 10.1. The summed E-state index contributed by atoms with van der Waals surface area (Å²) in [5.41, 5.74) is 4.60. The minimum Gasteiger partial charge on any atom is -0.347 e. The summed E-state index contributed by atoms with van der Waals surface area (Å²) in [6, 6.07) is 8.30. The fourth-order valence-corrected chi connectivity index (χ4v) is 2.56. The van der Waals surface area contributed by atoms with Gasteiger partial charge < -0.3 is 9.47 Å². The molecule has 0 radical (unpaired) electrons. The fourth-order valence-electron chi connectivity index (χ4n) is 2.56. The highest BCUT2D eigenvalue weighted by atomic mass is 19.1. The fraction of sp³-hybridized carbons (Fsp3) is 0.222. The number of amides is 1. The van der Waals surface area contributed by atoms with E-state index in [2.05, 4.69) is 4.98 Å². The van der Waals surface area contributed by atoms with Crippen LogP contribution in [-0.4, -0.2) is 34.5 Å². The number of hydrogen-bond acceptors (Lipinski definition) is 2. The minimum absolute atomic E-state index is 0.0223. The number of carbonyl (C=O) groups excluding carboxylic acids is 1. The van der Waals surface area contributed by atoms with E-state index in [-0.39, 0.29) is 18.3 Å². The molecule has 0 atom stereocenters. The third-order valence-electron chi connectivity index (χ3n) is 3.88. The maximum absolute atomic E-state index is 13.1. The first-order chi connectivity index (χ1) is 11.0. The predicted octanol–water partition coefficient (Wildman–Crippen LogP) is 3.24. The van der Waals surface area contributed by atoms with Crippen LogP contribution in [0, 0.1) is 12.7 Å². The van der Waals surface area contributed by atoms with Crippen LogP contribution >= 0.6 is 0 Å². The Morgan fingerprint density at radius 3 is 2.57 bits per heavy atom. The van der Waals surface area contributed by atoms with Crippen LogP contribution in [0.1, 0.15) is 5.56 Å².